The minimum atomic E-state index is -0.240. The maximum atomic E-state index is 12.0. The number of rotatable bonds is 9. The number of amides is 1. The van der Waals surface area contributed by atoms with Gasteiger partial charge in [-0.2, -0.15) is 0 Å². The van der Waals surface area contributed by atoms with Gasteiger partial charge in [-0.05, 0) is 49.7 Å². The fourth-order valence-electron chi connectivity index (χ4n) is 2.19. The number of halogens is 2. The lowest BCUT2D eigenvalue weighted by atomic mass is 10.2. The Balaban J connectivity index is 1.89. The number of hydrogen-bond acceptors (Lipinski definition) is 4. The van der Waals surface area contributed by atoms with Crippen molar-refractivity contribution in [1.29, 1.82) is 0 Å². The average molecular weight is 443 g/mol. The number of ether oxygens (including phenoxy) is 3. The number of nitrogens with one attached hydrogen (secondary N) is 1. The summed E-state index contributed by atoms with van der Waals surface area (Å²) in [5, 5.41) is 3.25. The Morgan fingerprint density at radius 1 is 1.00 bits per heavy atom. The first-order valence-electron chi connectivity index (χ1n) is 8.26. The zero-order valence-electron chi connectivity index (χ0n) is 14.7. The van der Waals surface area contributed by atoms with Crippen LogP contribution >= 0.6 is 27.5 Å². The molecule has 1 amide bonds. The highest BCUT2D eigenvalue weighted by Gasteiger charge is 2.09. The molecule has 1 N–H and O–H groups in total. The fourth-order valence-corrected chi connectivity index (χ4v) is 2.92. The van der Waals surface area contributed by atoms with Crippen LogP contribution in [0.25, 0.3) is 0 Å². The van der Waals surface area contributed by atoms with Crippen LogP contribution < -0.4 is 19.5 Å². The molecule has 2 rings (SSSR count). The van der Waals surface area contributed by atoms with Crippen LogP contribution in [0.5, 0.6) is 17.2 Å². The lowest BCUT2D eigenvalue weighted by molar-refractivity contribution is -0.123. The van der Waals surface area contributed by atoms with Gasteiger partial charge >= 0.3 is 0 Å². The first kappa shape index (κ1) is 20.4. The van der Waals surface area contributed by atoms with Crippen LogP contribution in [0.15, 0.2) is 40.9 Å². The Kier molecular flexibility index (Phi) is 8.06. The van der Waals surface area contributed by atoms with Crippen molar-refractivity contribution >= 4 is 33.4 Å². The predicted octanol–water partition coefficient (Wildman–Crippen LogP) is 4.60. The maximum absolute atomic E-state index is 12.0. The number of hydrogen-bond donors (Lipinski definition) is 1. The summed E-state index contributed by atoms with van der Waals surface area (Å²) in [6.45, 7) is 5.18. The third-order valence-corrected chi connectivity index (χ3v) is 4.14. The van der Waals surface area contributed by atoms with E-state index in [0.29, 0.717) is 42.0 Å². The van der Waals surface area contributed by atoms with Gasteiger partial charge in [0.15, 0.2) is 18.1 Å². The third kappa shape index (κ3) is 6.11. The summed E-state index contributed by atoms with van der Waals surface area (Å²) in [7, 11) is 0. The van der Waals surface area contributed by atoms with Crippen molar-refractivity contribution < 1.29 is 19.0 Å². The molecule has 5 nitrogen and oxygen atoms in total. The molecule has 0 aliphatic carbocycles. The molecule has 0 radical (unpaired) electrons. The molecule has 7 heteroatoms. The van der Waals surface area contributed by atoms with Crippen molar-refractivity contribution in [2.45, 2.75) is 20.4 Å². The van der Waals surface area contributed by atoms with E-state index in [1.54, 1.807) is 18.2 Å². The van der Waals surface area contributed by atoms with Crippen molar-refractivity contribution in [2.24, 2.45) is 0 Å². The molecule has 0 unspecified atom stereocenters. The largest absolute Gasteiger partial charge is 0.490 e. The van der Waals surface area contributed by atoms with Gasteiger partial charge in [0.2, 0.25) is 0 Å². The van der Waals surface area contributed by atoms with Crippen LogP contribution in [0.1, 0.15) is 19.4 Å². The van der Waals surface area contributed by atoms with Gasteiger partial charge in [0, 0.05) is 11.0 Å². The topological polar surface area (TPSA) is 56.8 Å². The van der Waals surface area contributed by atoms with Crippen molar-refractivity contribution in [3.63, 3.8) is 0 Å². The van der Waals surface area contributed by atoms with Gasteiger partial charge < -0.3 is 19.5 Å². The first-order chi connectivity index (χ1) is 12.5. The molecule has 0 saturated heterocycles. The van der Waals surface area contributed by atoms with E-state index < -0.39 is 0 Å². The SMILES string of the molecule is CCOc1ccc(CNC(=O)COc2ccc(Br)cc2Cl)cc1OCC. The smallest absolute Gasteiger partial charge is 0.258 e. The lowest BCUT2D eigenvalue weighted by Crippen LogP contribution is -2.28. The molecule has 140 valence electrons. The summed E-state index contributed by atoms with van der Waals surface area (Å²) in [5.74, 6) is 1.58. The van der Waals surface area contributed by atoms with E-state index in [-0.39, 0.29) is 12.5 Å². The van der Waals surface area contributed by atoms with E-state index in [1.165, 1.54) is 0 Å². The Labute approximate surface area is 166 Å². The Hall–Kier alpha value is -1.92. The molecule has 0 heterocycles. The van der Waals surface area contributed by atoms with Gasteiger partial charge in [0.05, 0.1) is 18.2 Å². The first-order valence-corrected chi connectivity index (χ1v) is 9.43. The van der Waals surface area contributed by atoms with E-state index >= 15 is 0 Å². The molecule has 0 aliphatic rings. The van der Waals surface area contributed by atoms with Crippen LogP contribution in [-0.4, -0.2) is 25.7 Å². The quantitative estimate of drug-likeness (QED) is 0.617. The second-order valence-corrected chi connectivity index (χ2v) is 6.61. The van der Waals surface area contributed by atoms with Crippen LogP contribution in [0.3, 0.4) is 0 Å². The second-order valence-electron chi connectivity index (χ2n) is 5.29. The molecular formula is C19H21BrClNO4. The van der Waals surface area contributed by atoms with Crippen LogP contribution in [0.2, 0.25) is 5.02 Å². The molecular weight excluding hydrogens is 422 g/mol. The van der Waals surface area contributed by atoms with Gasteiger partial charge in [-0.3, -0.25) is 4.79 Å². The molecule has 0 saturated carbocycles. The van der Waals surface area contributed by atoms with Gasteiger partial charge in [-0.15, -0.1) is 0 Å². The van der Waals surface area contributed by atoms with E-state index in [1.807, 2.05) is 32.0 Å². The highest BCUT2D eigenvalue weighted by Crippen LogP contribution is 2.29. The molecule has 0 fully saturated rings. The molecule has 2 aromatic rings. The molecule has 26 heavy (non-hydrogen) atoms. The highest BCUT2D eigenvalue weighted by atomic mass is 79.9. The second kappa shape index (κ2) is 10.3. The van der Waals surface area contributed by atoms with E-state index in [2.05, 4.69) is 21.2 Å². The predicted molar refractivity (Wildman–Crippen MR) is 105 cm³/mol. The minimum absolute atomic E-state index is 0.114. The molecule has 0 atom stereocenters. The van der Waals surface area contributed by atoms with E-state index in [9.17, 15) is 4.79 Å². The number of carbonyl (C=O) groups is 1. The van der Waals surface area contributed by atoms with Crippen LogP contribution in [0.4, 0.5) is 0 Å². The summed E-state index contributed by atoms with van der Waals surface area (Å²) >= 11 is 9.38. The maximum Gasteiger partial charge on any atom is 0.258 e. The van der Waals surface area contributed by atoms with Crippen molar-refractivity contribution in [1.82, 2.24) is 5.32 Å². The van der Waals surface area contributed by atoms with E-state index in [4.69, 9.17) is 25.8 Å². The van der Waals surface area contributed by atoms with Crippen molar-refractivity contribution in [3.05, 3.63) is 51.5 Å². The van der Waals surface area contributed by atoms with Crippen molar-refractivity contribution in [3.8, 4) is 17.2 Å². The van der Waals surface area contributed by atoms with Gasteiger partial charge in [-0.25, -0.2) is 0 Å². The lowest BCUT2D eigenvalue weighted by Gasteiger charge is -2.13. The Morgan fingerprint density at radius 3 is 2.38 bits per heavy atom. The Bertz CT molecular complexity index is 754. The number of benzene rings is 2. The monoisotopic (exact) mass is 441 g/mol. The standard InChI is InChI=1S/C19H21BrClNO4/c1-3-24-17-7-5-13(9-18(17)25-4-2)11-22-19(23)12-26-16-8-6-14(20)10-15(16)21/h5-10H,3-4,11-12H2,1-2H3,(H,22,23). The Morgan fingerprint density at radius 2 is 1.69 bits per heavy atom. The van der Waals surface area contributed by atoms with Gasteiger partial charge in [-0.1, -0.05) is 33.6 Å². The zero-order chi connectivity index (χ0) is 18.9. The average Bonchev–Trinajstić information content (AvgIpc) is 2.61. The zero-order valence-corrected chi connectivity index (χ0v) is 17.0. The van der Waals surface area contributed by atoms with Gasteiger partial charge in [0.1, 0.15) is 5.75 Å². The molecule has 2 aromatic carbocycles. The summed E-state index contributed by atoms with van der Waals surface area (Å²) in [5.41, 5.74) is 0.909. The van der Waals surface area contributed by atoms with E-state index in [0.717, 1.165) is 10.0 Å². The molecule has 0 spiro atoms. The fraction of sp³-hybridized carbons (Fsp3) is 0.316. The third-order valence-electron chi connectivity index (χ3n) is 3.35. The van der Waals surface area contributed by atoms with Crippen LogP contribution in [-0.2, 0) is 11.3 Å². The molecule has 0 bridgehead atoms. The summed E-state index contributed by atoms with van der Waals surface area (Å²) in [6, 6.07) is 10.8. The summed E-state index contributed by atoms with van der Waals surface area (Å²) in [6.07, 6.45) is 0. The normalized spacial score (nSPS) is 10.3. The van der Waals surface area contributed by atoms with Gasteiger partial charge in [0.25, 0.3) is 5.91 Å². The highest BCUT2D eigenvalue weighted by molar-refractivity contribution is 9.10. The van der Waals surface area contributed by atoms with Crippen LogP contribution in [0, 0.1) is 0 Å². The summed E-state index contributed by atoms with van der Waals surface area (Å²) in [4.78, 5) is 12.0. The molecule has 0 aliphatic heterocycles. The number of carbonyl (C=O) groups excluding carboxylic acids is 1. The molecule has 0 aromatic heterocycles. The van der Waals surface area contributed by atoms with Crippen molar-refractivity contribution in [2.75, 3.05) is 19.8 Å². The summed E-state index contributed by atoms with van der Waals surface area (Å²) < 4.78 is 17.4. The minimum Gasteiger partial charge on any atom is -0.490 e.